The summed E-state index contributed by atoms with van der Waals surface area (Å²) < 4.78 is 0. The van der Waals surface area contributed by atoms with Gasteiger partial charge in [0.2, 0.25) is 0 Å². The van der Waals surface area contributed by atoms with Gasteiger partial charge in [0, 0.05) is 18.3 Å². The predicted octanol–water partition coefficient (Wildman–Crippen LogP) is 1.48. The van der Waals surface area contributed by atoms with Crippen LogP contribution in [-0.2, 0) is 0 Å². The van der Waals surface area contributed by atoms with Crippen LogP contribution >= 0.6 is 12.6 Å². The molecule has 14 heavy (non-hydrogen) atoms. The Morgan fingerprint density at radius 3 is 2.57 bits per heavy atom. The fourth-order valence-electron chi connectivity index (χ4n) is 2.22. The van der Waals surface area contributed by atoms with Crippen molar-refractivity contribution in [2.24, 2.45) is 11.8 Å². The molecule has 1 aliphatic rings. The van der Waals surface area contributed by atoms with E-state index in [-0.39, 0.29) is 0 Å². The third-order valence-electron chi connectivity index (χ3n) is 3.09. The standard InChI is InChI=1S/C11H24N2S/c1-9-4-11(8-14)13(3)7-10(2)6-12-5-9/h9-12,14H,4-8H2,1-3H3. The molecule has 0 aromatic carbocycles. The van der Waals surface area contributed by atoms with Crippen LogP contribution in [0.5, 0.6) is 0 Å². The van der Waals surface area contributed by atoms with Gasteiger partial charge in [0.15, 0.2) is 0 Å². The molecule has 1 N–H and O–H groups in total. The first-order chi connectivity index (χ1) is 6.63. The molecule has 1 heterocycles. The highest BCUT2D eigenvalue weighted by molar-refractivity contribution is 7.80. The zero-order valence-corrected chi connectivity index (χ0v) is 10.6. The summed E-state index contributed by atoms with van der Waals surface area (Å²) in [6, 6.07) is 0.649. The van der Waals surface area contributed by atoms with Crippen molar-refractivity contribution < 1.29 is 0 Å². The SMILES string of the molecule is CC1CNCC(C)CN(C)C(CS)C1. The maximum Gasteiger partial charge on any atom is 0.0183 e. The molecule has 3 unspecified atom stereocenters. The molecular formula is C11H24N2S. The second kappa shape index (κ2) is 5.99. The molecule has 1 aliphatic heterocycles. The van der Waals surface area contributed by atoms with Crippen molar-refractivity contribution in [3.63, 3.8) is 0 Å². The molecule has 0 spiro atoms. The summed E-state index contributed by atoms with van der Waals surface area (Å²) >= 11 is 4.45. The van der Waals surface area contributed by atoms with Gasteiger partial charge in [0.05, 0.1) is 0 Å². The van der Waals surface area contributed by atoms with E-state index in [0.717, 1.165) is 30.7 Å². The van der Waals surface area contributed by atoms with Gasteiger partial charge in [-0.1, -0.05) is 13.8 Å². The summed E-state index contributed by atoms with van der Waals surface area (Å²) in [5.41, 5.74) is 0. The van der Waals surface area contributed by atoms with Crippen LogP contribution in [0.4, 0.5) is 0 Å². The van der Waals surface area contributed by atoms with E-state index in [9.17, 15) is 0 Å². The van der Waals surface area contributed by atoms with Crippen molar-refractivity contribution in [3.8, 4) is 0 Å². The van der Waals surface area contributed by atoms with Gasteiger partial charge in [-0.05, 0) is 38.4 Å². The van der Waals surface area contributed by atoms with Crippen molar-refractivity contribution in [2.75, 3.05) is 32.4 Å². The van der Waals surface area contributed by atoms with Gasteiger partial charge in [0.1, 0.15) is 0 Å². The fraction of sp³-hybridized carbons (Fsp3) is 1.00. The molecule has 1 saturated heterocycles. The van der Waals surface area contributed by atoms with Gasteiger partial charge < -0.3 is 10.2 Å². The van der Waals surface area contributed by atoms with Crippen LogP contribution in [0, 0.1) is 11.8 Å². The van der Waals surface area contributed by atoms with Crippen molar-refractivity contribution in [3.05, 3.63) is 0 Å². The molecule has 0 aliphatic carbocycles. The topological polar surface area (TPSA) is 15.3 Å². The molecular weight excluding hydrogens is 192 g/mol. The maximum atomic E-state index is 4.45. The van der Waals surface area contributed by atoms with Crippen molar-refractivity contribution in [1.29, 1.82) is 0 Å². The molecule has 0 amide bonds. The molecule has 1 fully saturated rings. The monoisotopic (exact) mass is 216 g/mol. The number of rotatable bonds is 1. The molecule has 84 valence electrons. The van der Waals surface area contributed by atoms with E-state index in [2.05, 4.69) is 43.7 Å². The first-order valence-corrected chi connectivity index (χ1v) is 6.28. The second-order valence-corrected chi connectivity index (χ2v) is 5.25. The zero-order valence-electron chi connectivity index (χ0n) is 9.66. The van der Waals surface area contributed by atoms with Crippen LogP contribution in [0.15, 0.2) is 0 Å². The predicted molar refractivity (Wildman–Crippen MR) is 66.1 cm³/mol. The van der Waals surface area contributed by atoms with Gasteiger partial charge in [-0.15, -0.1) is 0 Å². The molecule has 0 aromatic rings. The summed E-state index contributed by atoms with van der Waals surface area (Å²) in [6.07, 6.45) is 1.26. The molecule has 0 saturated carbocycles. The minimum absolute atomic E-state index is 0.649. The number of hydrogen-bond donors (Lipinski definition) is 2. The molecule has 3 atom stereocenters. The van der Waals surface area contributed by atoms with E-state index < -0.39 is 0 Å². The van der Waals surface area contributed by atoms with Crippen LogP contribution < -0.4 is 5.32 Å². The van der Waals surface area contributed by atoms with E-state index in [0.29, 0.717) is 6.04 Å². The van der Waals surface area contributed by atoms with Gasteiger partial charge in [-0.25, -0.2) is 0 Å². The van der Waals surface area contributed by atoms with E-state index in [1.165, 1.54) is 13.0 Å². The van der Waals surface area contributed by atoms with Crippen LogP contribution in [0.25, 0.3) is 0 Å². The van der Waals surface area contributed by atoms with Crippen LogP contribution in [0.2, 0.25) is 0 Å². The Kier molecular flexibility index (Phi) is 5.28. The Morgan fingerprint density at radius 1 is 1.29 bits per heavy atom. The largest absolute Gasteiger partial charge is 0.316 e. The Labute approximate surface area is 93.8 Å². The third-order valence-corrected chi connectivity index (χ3v) is 3.52. The minimum Gasteiger partial charge on any atom is -0.316 e. The number of thiol groups is 1. The summed E-state index contributed by atoms with van der Waals surface area (Å²) in [6.45, 7) is 8.13. The minimum atomic E-state index is 0.649. The van der Waals surface area contributed by atoms with Crippen LogP contribution in [-0.4, -0.2) is 43.4 Å². The summed E-state index contributed by atoms with van der Waals surface area (Å²) in [5.74, 6) is 2.49. The second-order valence-electron chi connectivity index (χ2n) is 4.88. The summed E-state index contributed by atoms with van der Waals surface area (Å²) in [4.78, 5) is 2.47. The van der Waals surface area contributed by atoms with Crippen molar-refractivity contribution in [2.45, 2.75) is 26.3 Å². The number of nitrogens with one attached hydrogen (secondary N) is 1. The number of nitrogens with zero attached hydrogens (tertiary/aromatic N) is 1. The Hall–Kier alpha value is 0.270. The lowest BCUT2D eigenvalue weighted by Crippen LogP contribution is -2.37. The Morgan fingerprint density at radius 2 is 1.93 bits per heavy atom. The smallest absolute Gasteiger partial charge is 0.0183 e. The van der Waals surface area contributed by atoms with Gasteiger partial charge >= 0.3 is 0 Å². The average molecular weight is 216 g/mol. The van der Waals surface area contributed by atoms with Crippen molar-refractivity contribution >= 4 is 12.6 Å². The summed E-state index contributed by atoms with van der Waals surface area (Å²) in [7, 11) is 2.23. The van der Waals surface area contributed by atoms with E-state index in [1.54, 1.807) is 0 Å². The quantitative estimate of drug-likeness (QED) is 0.646. The number of hydrogen-bond acceptors (Lipinski definition) is 3. The summed E-state index contributed by atoms with van der Waals surface area (Å²) in [5, 5.41) is 3.54. The molecule has 0 radical (unpaired) electrons. The normalized spacial score (nSPS) is 37.3. The molecule has 1 rings (SSSR count). The first-order valence-electron chi connectivity index (χ1n) is 5.65. The van der Waals surface area contributed by atoms with Crippen molar-refractivity contribution in [1.82, 2.24) is 10.2 Å². The average Bonchev–Trinajstić information content (AvgIpc) is 2.17. The highest BCUT2D eigenvalue weighted by Crippen LogP contribution is 2.15. The van der Waals surface area contributed by atoms with Gasteiger partial charge in [-0.2, -0.15) is 12.6 Å². The molecule has 2 nitrogen and oxygen atoms in total. The fourth-order valence-corrected chi connectivity index (χ4v) is 2.65. The maximum absolute atomic E-state index is 4.45. The molecule has 0 bridgehead atoms. The highest BCUT2D eigenvalue weighted by atomic mass is 32.1. The van der Waals surface area contributed by atoms with Gasteiger partial charge in [-0.3, -0.25) is 0 Å². The molecule has 3 heteroatoms. The lowest BCUT2D eigenvalue weighted by Gasteiger charge is -2.29. The lowest BCUT2D eigenvalue weighted by molar-refractivity contribution is 0.214. The van der Waals surface area contributed by atoms with E-state index >= 15 is 0 Å². The lowest BCUT2D eigenvalue weighted by atomic mass is 10.0. The van der Waals surface area contributed by atoms with E-state index in [1.807, 2.05) is 0 Å². The van der Waals surface area contributed by atoms with Gasteiger partial charge in [0.25, 0.3) is 0 Å². The van der Waals surface area contributed by atoms with Crippen LogP contribution in [0.1, 0.15) is 20.3 Å². The van der Waals surface area contributed by atoms with E-state index in [4.69, 9.17) is 0 Å². The van der Waals surface area contributed by atoms with Crippen LogP contribution in [0.3, 0.4) is 0 Å². The molecule has 0 aromatic heterocycles. The Bertz CT molecular complexity index is 163. The zero-order chi connectivity index (χ0) is 10.6. The third kappa shape index (κ3) is 3.79. The first kappa shape index (κ1) is 12.3. The Balaban J connectivity index is 2.55. The highest BCUT2D eigenvalue weighted by Gasteiger charge is 2.20.